The van der Waals surface area contributed by atoms with Crippen molar-refractivity contribution in [2.75, 3.05) is 18.6 Å². The number of benzene rings is 2. The number of anilines is 1. The van der Waals surface area contributed by atoms with Crippen LogP contribution in [0.5, 0.6) is 5.75 Å². The summed E-state index contributed by atoms with van der Waals surface area (Å²) in [5.74, 6) is -0.0540. The van der Waals surface area contributed by atoms with Gasteiger partial charge in [-0.3, -0.25) is 9.59 Å². The molecule has 2 aromatic rings. The molecule has 1 saturated heterocycles. The maximum atomic E-state index is 12.4. The third kappa shape index (κ3) is 4.34. The van der Waals surface area contributed by atoms with Crippen LogP contribution in [0.2, 0.25) is 0 Å². The zero-order valence-corrected chi connectivity index (χ0v) is 15.5. The second kappa shape index (κ2) is 8.49. The lowest BCUT2D eigenvalue weighted by atomic mass is 10.1. The fourth-order valence-corrected chi connectivity index (χ4v) is 3.07. The van der Waals surface area contributed by atoms with E-state index in [0.29, 0.717) is 12.3 Å². The third-order valence-corrected chi connectivity index (χ3v) is 4.67. The van der Waals surface area contributed by atoms with Gasteiger partial charge in [-0.1, -0.05) is 31.2 Å². The van der Waals surface area contributed by atoms with E-state index in [4.69, 9.17) is 4.74 Å². The van der Waals surface area contributed by atoms with Crippen LogP contribution in [-0.2, 0) is 16.0 Å². The summed E-state index contributed by atoms with van der Waals surface area (Å²) >= 11 is 0. The average molecular weight is 365 g/mol. The Morgan fingerprint density at radius 2 is 2.00 bits per heavy atom. The molecule has 2 amide bonds. The van der Waals surface area contributed by atoms with Crippen LogP contribution < -0.4 is 15.1 Å². The van der Waals surface area contributed by atoms with Crippen molar-refractivity contribution in [3.8, 4) is 5.75 Å². The second-order valence-corrected chi connectivity index (χ2v) is 6.40. The van der Waals surface area contributed by atoms with Gasteiger partial charge in [0.2, 0.25) is 11.8 Å². The Hall–Kier alpha value is -3.15. The van der Waals surface area contributed by atoms with Crippen molar-refractivity contribution < 1.29 is 14.3 Å². The summed E-state index contributed by atoms with van der Waals surface area (Å²) in [6, 6.07) is 15.3. The van der Waals surface area contributed by atoms with Crippen LogP contribution in [-0.4, -0.2) is 31.7 Å². The van der Waals surface area contributed by atoms with E-state index in [2.05, 4.69) is 17.5 Å². The number of carbonyl (C=O) groups is 2. The van der Waals surface area contributed by atoms with Gasteiger partial charge in [-0.25, -0.2) is 5.43 Å². The van der Waals surface area contributed by atoms with E-state index in [1.807, 2.05) is 48.5 Å². The van der Waals surface area contributed by atoms with Crippen molar-refractivity contribution in [2.45, 2.75) is 19.8 Å². The molecule has 0 bridgehead atoms. The second-order valence-electron chi connectivity index (χ2n) is 6.40. The Morgan fingerprint density at radius 3 is 2.70 bits per heavy atom. The molecule has 3 rings (SSSR count). The third-order valence-electron chi connectivity index (χ3n) is 4.67. The van der Waals surface area contributed by atoms with Gasteiger partial charge >= 0.3 is 0 Å². The van der Waals surface area contributed by atoms with Crippen molar-refractivity contribution in [1.82, 2.24) is 5.43 Å². The number of hydrazone groups is 1. The number of carbonyl (C=O) groups excluding carboxylic acids is 2. The van der Waals surface area contributed by atoms with Crippen LogP contribution in [0, 0.1) is 5.92 Å². The number of ether oxygens (including phenoxy) is 1. The molecule has 1 aliphatic rings. The highest BCUT2D eigenvalue weighted by Crippen LogP contribution is 2.25. The minimum atomic E-state index is -0.418. The van der Waals surface area contributed by atoms with Gasteiger partial charge in [-0.2, -0.15) is 5.10 Å². The van der Waals surface area contributed by atoms with Gasteiger partial charge in [0, 0.05) is 24.2 Å². The lowest BCUT2D eigenvalue weighted by Crippen LogP contribution is -2.30. The molecule has 0 aliphatic carbocycles. The van der Waals surface area contributed by atoms with Gasteiger partial charge in [0.15, 0.2) is 0 Å². The molecule has 27 heavy (non-hydrogen) atoms. The first kappa shape index (κ1) is 18.6. The highest BCUT2D eigenvalue weighted by atomic mass is 16.5. The molecule has 1 N–H and O–H groups in total. The Morgan fingerprint density at radius 1 is 1.26 bits per heavy atom. The lowest BCUT2D eigenvalue weighted by molar-refractivity contribution is -0.126. The fraction of sp³-hybridized carbons (Fsp3) is 0.286. The smallest absolute Gasteiger partial charge is 0.245 e. The Balaban J connectivity index is 1.61. The maximum absolute atomic E-state index is 12.4. The SMILES string of the molecule is CCc1ccc(N2CC(C(=O)N/N=C/c3ccccc3OC)CC2=O)cc1. The molecule has 0 saturated carbocycles. The monoisotopic (exact) mass is 365 g/mol. The van der Waals surface area contributed by atoms with Crippen LogP contribution in [0.4, 0.5) is 5.69 Å². The minimum absolute atomic E-state index is 0.0480. The standard InChI is InChI=1S/C21H23N3O3/c1-3-15-8-10-18(11-9-15)24-14-17(12-20(24)25)21(26)23-22-13-16-6-4-5-7-19(16)27-2/h4-11,13,17H,3,12,14H2,1-2H3,(H,23,26)/b22-13+. The van der Waals surface area contributed by atoms with E-state index < -0.39 is 5.92 Å². The van der Waals surface area contributed by atoms with E-state index in [1.165, 1.54) is 11.8 Å². The molecule has 1 heterocycles. The van der Waals surface area contributed by atoms with Gasteiger partial charge < -0.3 is 9.64 Å². The van der Waals surface area contributed by atoms with Gasteiger partial charge in [0.1, 0.15) is 5.75 Å². The molecule has 1 aliphatic heterocycles. The molecule has 6 heteroatoms. The minimum Gasteiger partial charge on any atom is -0.496 e. The molecule has 1 unspecified atom stereocenters. The first-order chi connectivity index (χ1) is 13.1. The molecule has 0 radical (unpaired) electrons. The van der Waals surface area contributed by atoms with E-state index in [-0.39, 0.29) is 18.2 Å². The largest absolute Gasteiger partial charge is 0.496 e. The summed E-state index contributed by atoms with van der Waals surface area (Å²) in [7, 11) is 1.58. The summed E-state index contributed by atoms with van der Waals surface area (Å²) in [4.78, 5) is 26.4. The summed E-state index contributed by atoms with van der Waals surface area (Å²) in [6.07, 6.45) is 2.67. The predicted octanol–water partition coefficient (Wildman–Crippen LogP) is 2.76. The number of hydrogen-bond donors (Lipinski definition) is 1. The van der Waals surface area contributed by atoms with Gasteiger partial charge in [-0.15, -0.1) is 0 Å². The Bertz CT molecular complexity index is 846. The molecule has 140 valence electrons. The predicted molar refractivity (Wildman–Crippen MR) is 105 cm³/mol. The van der Waals surface area contributed by atoms with Crippen LogP contribution >= 0.6 is 0 Å². The number of para-hydroxylation sites is 1. The maximum Gasteiger partial charge on any atom is 0.245 e. The molecule has 0 spiro atoms. The van der Waals surface area contributed by atoms with Crippen molar-refractivity contribution in [3.05, 3.63) is 59.7 Å². The Labute approximate surface area is 158 Å². The number of nitrogens with one attached hydrogen (secondary N) is 1. The van der Waals surface area contributed by atoms with Gasteiger partial charge in [-0.05, 0) is 36.2 Å². The number of aryl methyl sites for hydroxylation is 1. The fourth-order valence-electron chi connectivity index (χ4n) is 3.07. The van der Waals surface area contributed by atoms with Crippen LogP contribution in [0.25, 0.3) is 0 Å². The van der Waals surface area contributed by atoms with Crippen molar-refractivity contribution in [1.29, 1.82) is 0 Å². The van der Waals surface area contributed by atoms with Crippen LogP contribution in [0.3, 0.4) is 0 Å². The zero-order valence-electron chi connectivity index (χ0n) is 15.5. The molecule has 6 nitrogen and oxygen atoms in total. The summed E-state index contributed by atoms with van der Waals surface area (Å²) in [5.41, 5.74) is 5.33. The van der Waals surface area contributed by atoms with E-state index >= 15 is 0 Å². The quantitative estimate of drug-likeness (QED) is 0.632. The zero-order chi connectivity index (χ0) is 19.2. The normalized spacial score (nSPS) is 16.7. The topological polar surface area (TPSA) is 71.0 Å². The average Bonchev–Trinajstić information content (AvgIpc) is 3.10. The summed E-state index contributed by atoms with van der Waals surface area (Å²) in [6.45, 7) is 2.45. The number of amides is 2. The van der Waals surface area contributed by atoms with Crippen molar-refractivity contribution in [3.63, 3.8) is 0 Å². The molecular weight excluding hydrogens is 342 g/mol. The van der Waals surface area contributed by atoms with E-state index in [1.54, 1.807) is 12.0 Å². The first-order valence-electron chi connectivity index (χ1n) is 8.97. The first-order valence-corrected chi connectivity index (χ1v) is 8.97. The highest BCUT2D eigenvalue weighted by molar-refractivity contribution is 6.00. The van der Waals surface area contributed by atoms with Crippen LogP contribution in [0.15, 0.2) is 53.6 Å². The van der Waals surface area contributed by atoms with Crippen LogP contribution in [0.1, 0.15) is 24.5 Å². The van der Waals surface area contributed by atoms with Crippen molar-refractivity contribution in [2.24, 2.45) is 11.0 Å². The highest BCUT2D eigenvalue weighted by Gasteiger charge is 2.35. The molecule has 1 atom stereocenters. The number of nitrogens with zero attached hydrogens (tertiary/aromatic N) is 2. The molecular formula is C21H23N3O3. The van der Waals surface area contributed by atoms with E-state index in [9.17, 15) is 9.59 Å². The number of rotatable bonds is 6. The summed E-state index contributed by atoms with van der Waals surface area (Å²) < 4.78 is 5.24. The van der Waals surface area contributed by atoms with Crippen molar-refractivity contribution >= 4 is 23.7 Å². The molecule has 0 aromatic heterocycles. The summed E-state index contributed by atoms with van der Waals surface area (Å²) in [5, 5.41) is 4.01. The van der Waals surface area contributed by atoms with Gasteiger partial charge in [0.05, 0.1) is 19.2 Å². The Kier molecular flexibility index (Phi) is 5.86. The molecule has 2 aromatic carbocycles. The van der Waals surface area contributed by atoms with E-state index in [0.717, 1.165) is 17.7 Å². The molecule has 1 fully saturated rings. The number of hydrogen-bond acceptors (Lipinski definition) is 4. The number of methoxy groups -OCH3 is 1. The lowest BCUT2D eigenvalue weighted by Gasteiger charge is -2.16. The van der Waals surface area contributed by atoms with Gasteiger partial charge in [0.25, 0.3) is 0 Å².